The molecule has 2 rings (SSSR count). The van der Waals surface area contributed by atoms with Crippen LogP contribution in [0.4, 0.5) is 4.39 Å². The molecule has 27 heavy (non-hydrogen) atoms. The van der Waals surface area contributed by atoms with E-state index in [4.69, 9.17) is 9.84 Å². The Morgan fingerprint density at radius 1 is 1.11 bits per heavy atom. The van der Waals surface area contributed by atoms with E-state index in [2.05, 4.69) is 5.32 Å². The van der Waals surface area contributed by atoms with Crippen LogP contribution in [0.5, 0.6) is 5.75 Å². The smallest absolute Gasteiger partial charge is 0.341 e. The summed E-state index contributed by atoms with van der Waals surface area (Å²) >= 11 is 0. The van der Waals surface area contributed by atoms with Gasteiger partial charge in [-0.3, -0.25) is 4.79 Å². The number of amides is 1. The van der Waals surface area contributed by atoms with Gasteiger partial charge in [0.2, 0.25) is 5.91 Å². The molecule has 0 aliphatic rings. The Bertz CT molecular complexity index is 761. The summed E-state index contributed by atoms with van der Waals surface area (Å²) in [5, 5.41) is 11.5. The lowest BCUT2D eigenvalue weighted by molar-refractivity contribution is -0.139. The minimum Gasteiger partial charge on any atom is -0.482 e. The first-order valence-electron chi connectivity index (χ1n) is 8.89. The average molecular weight is 373 g/mol. The number of aliphatic carboxylic acids is 1. The molecular formula is C21H24FNO4. The molecule has 0 radical (unpaired) electrons. The van der Waals surface area contributed by atoms with Gasteiger partial charge in [-0.1, -0.05) is 31.2 Å². The number of carbonyl (C=O) groups excluding carboxylic acids is 1. The summed E-state index contributed by atoms with van der Waals surface area (Å²) in [6, 6.07) is 13.5. The lowest BCUT2D eigenvalue weighted by Crippen LogP contribution is -2.31. The van der Waals surface area contributed by atoms with E-state index in [9.17, 15) is 14.0 Å². The van der Waals surface area contributed by atoms with E-state index in [0.29, 0.717) is 31.6 Å². The number of carbonyl (C=O) groups is 2. The topological polar surface area (TPSA) is 75.6 Å². The fraction of sp³-hybridized carbons (Fsp3) is 0.333. The van der Waals surface area contributed by atoms with E-state index >= 15 is 0 Å². The molecule has 0 heterocycles. The number of aryl methyl sites for hydroxylation is 1. The van der Waals surface area contributed by atoms with Crippen LogP contribution in [0.15, 0.2) is 48.5 Å². The van der Waals surface area contributed by atoms with Crippen LogP contribution >= 0.6 is 0 Å². The zero-order valence-corrected chi connectivity index (χ0v) is 15.3. The van der Waals surface area contributed by atoms with Gasteiger partial charge in [0.05, 0.1) is 0 Å². The average Bonchev–Trinajstić information content (AvgIpc) is 2.65. The summed E-state index contributed by atoms with van der Waals surface area (Å²) < 4.78 is 18.2. The second kappa shape index (κ2) is 10.3. The molecule has 2 N–H and O–H groups in total. The third kappa shape index (κ3) is 7.48. The number of carboxylic acids is 1. The Balaban J connectivity index is 1.69. The van der Waals surface area contributed by atoms with Crippen molar-refractivity contribution < 1.29 is 23.8 Å². The monoisotopic (exact) mass is 373 g/mol. The van der Waals surface area contributed by atoms with Crippen LogP contribution in [0.2, 0.25) is 0 Å². The van der Waals surface area contributed by atoms with E-state index in [1.807, 2.05) is 25.1 Å². The minimum absolute atomic E-state index is 0.0205. The maximum atomic E-state index is 13.2. The summed E-state index contributed by atoms with van der Waals surface area (Å²) in [5.74, 6) is -0.957. The van der Waals surface area contributed by atoms with Crippen LogP contribution in [-0.4, -0.2) is 30.1 Å². The van der Waals surface area contributed by atoms with Crippen LogP contribution in [0.25, 0.3) is 0 Å². The Morgan fingerprint density at radius 3 is 2.52 bits per heavy atom. The maximum Gasteiger partial charge on any atom is 0.341 e. The van der Waals surface area contributed by atoms with Crippen molar-refractivity contribution in [1.82, 2.24) is 5.32 Å². The molecule has 0 saturated heterocycles. The number of hydrogen-bond acceptors (Lipinski definition) is 3. The van der Waals surface area contributed by atoms with Crippen molar-refractivity contribution in [2.45, 2.75) is 26.2 Å². The Labute approximate surface area is 158 Å². The van der Waals surface area contributed by atoms with Crippen molar-refractivity contribution in [3.8, 4) is 5.75 Å². The number of benzene rings is 2. The molecule has 0 aliphatic heterocycles. The molecule has 0 fully saturated rings. The predicted octanol–water partition coefficient (Wildman–Crippen LogP) is 3.22. The van der Waals surface area contributed by atoms with Crippen LogP contribution in [0.1, 0.15) is 24.5 Å². The van der Waals surface area contributed by atoms with Crippen molar-refractivity contribution >= 4 is 11.9 Å². The molecule has 0 spiro atoms. The number of hydrogen-bond donors (Lipinski definition) is 2. The molecule has 144 valence electrons. The highest BCUT2D eigenvalue weighted by Crippen LogP contribution is 2.13. The normalized spacial score (nSPS) is 11.6. The number of rotatable bonds is 10. The second-order valence-electron chi connectivity index (χ2n) is 6.44. The first-order chi connectivity index (χ1) is 12.9. The van der Waals surface area contributed by atoms with Gasteiger partial charge in [0.1, 0.15) is 11.6 Å². The molecule has 1 unspecified atom stereocenters. The van der Waals surface area contributed by atoms with Gasteiger partial charge in [-0.25, -0.2) is 9.18 Å². The molecule has 1 atom stereocenters. The number of carboxylic acid groups (broad SMARTS) is 1. The highest BCUT2D eigenvalue weighted by atomic mass is 19.1. The molecule has 2 aromatic rings. The fourth-order valence-corrected chi connectivity index (χ4v) is 2.61. The SMILES string of the molecule is CC(CCc1cccc(F)c1)C(=O)NCCc1ccc(OCC(=O)O)cc1. The maximum absolute atomic E-state index is 13.2. The fourth-order valence-electron chi connectivity index (χ4n) is 2.61. The van der Waals surface area contributed by atoms with Gasteiger partial charge in [-0.2, -0.15) is 0 Å². The van der Waals surface area contributed by atoms with Crippen LogP contribution in [0, 0.1) is 11.7 Å². The standard InChI is InChI=1S/C21H24FNO4/c1-15(5-6-17-3-2-4-18(22)13-17)21(26)23-12-11-16-7-9-19(10-8-16)27-14-20(24)25/h2-4,7-10,13,15H,5-6,11-12,14H2,1H3,(H,23,26)(H,24,25). The van der Waals surface area contributed by atoms with Crippen molar-refractivity contribution in [3.05, 3.63) is 65.5 Å². The predicted molar refractivity (Wildman–Crippen MR) is 100 cm³/mol. The zero-order valence-electron chi connectivity index (χ0n) is 15.3. The van der Waals surface area contributed by atoms with Gasteiger partial charge in [0, 0.05) is 12.5 Å². The molecule has 5 nitrogen and oxygen atoms in total. The third-order valence-corrected chi connectivity index (χ3v) is 4.20. The van der Waals surface area contributed by atoms with E-state index < -0.39 is 5.97 Å². The summed E-state index contributed by atoms with van der Waals surface area (Å²) in [6.07, 6.45) is 1.98. The Morgan fingerprint density at radius 2 is 1.85 bits per heavy atom. The molecule has 0 aromatic heterocycles. The van der Waals surface area contributed by atoms with Gasteiger partial charge in [0.25, 0.3) is 0 Å². The van der Waals surface area contributed by atoms with E-state index in [-0.39, 0.29) is 24.2 Å². The highest BCUT2D eigenvalue weighted by Gasteiger charge is 2.12. The van der Waals surface area contributed by atoms with Crippen molar-refractivity contribution in [3.63, 3.8) is 0 Å². The zero-order chi connectivity index (χ0) is 19.6. The third-order valence-electron chi connectivity index (χ3n) is 4.20. The lowest BCUT2D eigenvalue weighted by Gasteiger charge is -2.12. The molecule has 0 aliphatic carbocycles. The number of nitrogens with one attached hydrogen (secondary N) is 1. The second-order valence-corrected chi connectivity index (χ2v) is 6.44. The first kappa shape index (κ1) is 20.4. The number of ether oxygens (including phenoxy) is 1. The van der Waals surface area contributed by atoms with Gasteiger partial charge in [-0.05, 0) is 54.7 Å². The summed E-state index contributed by atoms with van der Waals surface area (Å²) in [5.41, 5.74) is 1.91. The van der Waals surface area contributed by atoms with Gasteiger partial charge in [-0.15, -0.1) is 0 Å². The number of halogens is 1. The quantitative estimate of drug-likeness (QED) is 0.671. The molecule has 1 amide bonds. The Kier molecular flexibility index (Phi) is 7.79. The van der Waals surface area contributed by atoms with E-state index in [0.717, 1.165) is 11.1 Å². The van der Waals surface area contributed by atoms with E-state index in [1.165, 1.54) is 12.1 Å². The molecule has 0 saturated carbocycles. The van der Waals surface area contributed by atoms with Crippen molar-refractivity contribution in [2.75, 3.05) is 13.2 Å². The summed E-state index contributed by atoms with van der Waals surface area (Å²) in [7, 11) is 0. The van der Waals surface area contributed by atoms with E-state index in [1.54, 1.807) is 18.2 Å². The highest BCUT2D eigenvalue weighted by molar-refractivity contribution is 5.78. The van der Waals surface area contributed by atoms with Gasteiger partial charge in [0.15, 0.2) is 6.61 Å². The van der Waals surface area contributed by atoms with Gasteiger partial charge >= 0.3 is 5.97 Å². The molecule has 2 aromatic carbocycles. The molecular weight excluding hydrogens is 349 g/mol. The largest absolute Gasteiger partial charge is 0.482 e. The van der Waals surface area contributed by atoms with Crippen molar-refractivity contribution in [1.29, 1.82) is 0 Å². The first-order valence-corrected chi connectivity index (χ1v) is 8.89. The molecule has 0 bridgehead atoms. The van der Waals surface area contributed by atoms with Crippen LogP contribution < -0.4 is 10.1 Å². The molecule has 6 heteroatoms. The van der Waals surface area contributed by atoms with Gasteiger partial charge < -0.3 is 15.2 Å². The minimum atomic E-state index is -1.02. The van der Waals surface area contributed by atoms with Crippen LogP contribution in [0.3, 0.4) is 0 Å². The lowest BCUT2D eigenvalue weighted by atomic mass is 10.00. The summed E-state index contributed by atoms with van der Waals surface area (Å²) in [6.45, 7) is 2.00. The Hall–Kier alpha value is -2.89. The summed E-state index contributed by atoms with van der Waals surface area (Å²) in [4.78, 5) is 22.6. The van der Waals surface area contributed by atoms with Crippen molar-refractivity contribution in [2.24, 2.45) is 5.92 Å². The van der Waals surface area contributed by atoms with Crippen LogP contribution in [-0.2, 0) is 22.4 Å².